The van der Waals surface area contributed by atoms with Crippen molar-refractivity contribution in [3.8, 4) is 5.75 Å². The Kier molecular flexibility index (Phi) is 4.63. The van der Waals surface area contributed by atoms with Gasteiger partial charge in [0.2, 0.25) is 0 Å². The van der Waals surface area contributed by atoms with Gasteiger partial charge in [-0.15, -0.1) is 0 Å². The summed E-state index contributed by atoms with van der Waals surface area (Å²) in [4.78, 5) is 0. The number of rotatable bonds is 5. The number of ether oxygens (including phenoxy) is 1. The van der Waals surface area contributed by atoms with E-state index in [0.717, 1.165) is 12.3 Å². The van der Waals surface area contributed by atoms with Crippen LogP contribution in [0.3, 0.4) is 0 Å². The van der Waals surface area contributed by atoms with Crippen molar-refractivity contribution in [3.63, 3.8) is 0 Å². The number of nitrogens with one attached hydrogen (secondary N) is 1. The van der Waals surface area contributed by atoms with Crippen LogP contribution in [0, 0.1) is 6.92 Å². The molecule has 0 saturated carbocycles. The maximum Gasteiger partial charge on any atom is 0.119 e. The molecular weight excluding hydrogens is 186 g/mol. The number of hydrogen-bond acceptors (Lipinski definition) is 2. The van der Waals surface area contributed by atoms with Gasteiger partial charge in [0.25, 0.3) is 0 Å². The lowest BCUT2D eigenvalue weighted by atomic mass is 10.2. The second-order valence-corrected chi connectivity index (χ2v) is 3.98. The van der Waals surface area contributed by atoms with E-state index in [4.69, 9.17) is 4.74 Å². The lowest BCUT2D eigenvalue weighted by Gasteiger charge is -2.22. The van der Waals surface area contributed by atoms with Crippen LogP contribution < -0.4 is 10.1 Å². The van der Waals surface area contributed by atoms with Crippen molar-refractivity contribution in [2.75, 3.05) is 6.54 Å². The highest BCUT2D eigenvalue weighted by atomic mass is 16.5. The first-order valence-electron chi connectivity index (χ1n) is 5.60. The summed E-state index contributed by atoms with van der Waals surface area (Å²) in [7, 11) is 0. The summed E-state index contributed by atoms with van der Waals surface area (Å²) in [5.74, 6) is 0.942. The molecule has 1 aromatic carbocycles. The van der Waals surface area contributed by atoms with E-state index in [0.29, 0.717) is 6.04 Å². The quantitative estimate of drug-likeness (QED) is 0.801. The minimum Gasteiger partial charge on any atom is -0.489 e. The SMILES string of the molecule is CCNC(C)C(C)Oc1ccc(C)cc1. The Hall–Kier alpha value is -1.02. The second-order valence-electron chi connectivity index (χ2n) is 3.98. The molecule has 0 amide bonds. The molecule has 1 N–H and O–H groups in total. The zero-order valence-corrected chi connectivity index (χ0v) is 10.1. The molecule has 0 bridgehead atoms. The van der Waals surface area contributed by atoms with Gasteiger partial charge >= 0.3 is 0 Å². The number of aryl methyl sites for hydroxylation is 1. The van der Waals surface area contributed by atoms with Crippen LogP contribution in [0.25, 0.3) is 0 Å². The van der Waals surface area contributed by atoms with Gasteiger partial charge in [0.15, 0.2) is 0 Å². The Labute approximate surface area is 92.6 Å². The van der Waals surface area contributed by atoms with E-state index in [1.807, 2.05) is 12.1 Å². The van der Waals surface area contributed by atoms with Crippen molar-refractivity contribution in [1.29, 1.82) is 0 Å². The molecule has 1 aromatic rings. The van der Waals surface area contributed by atoms with Gasteiger partial charge in [0, 0.05) is 6.04 Å². The van der Waals surface area contributed by atoms with Crippen LogP contribution in [0.2, 0.25) is 0 Å². The Morgan fingerprint density at radius 2 is 1.80 bits per heavy atom. The maximum absolute atomic E-state index is 5.82. The third-order valence-electron chi connectivity index (χ3n) is 2.57. The molecule has 84 valence electrons. The van der Waals surface area contributed by atoms with E-state index in [-0.39, 0.29) is 6.10 Å². The van der Waals surface area contributed by atoms with Crippen molar-refractivity contribution in [2.24, 2.45) is 0 Å². The summed E-state index contributed by atoms with van der Waals surface area (Å²) >= 11 is 0. The van der Waals surface area contributed by atoms with E-state index in [2.05, 4.69) is 45.1 Å². The van der Waals surface area contributed by atoms with Crippen LogP contribution in [-0.2, 0) is 0 Å². The maximum atomic E-state index is 5.82. The summed E-state index contributed by atoms with van der Waals surface area (Å²) in [6, 6.07) is 8.55. The molecule has 0 heterocycles. The van der Waals surface area contributed by atoms with Crippen molar-refractivity contribution >= 4 is 0 Å². The molecule has 15 heavy (non-hydrogen) atoms. The van der Waals surface area contributed by atoms with Crippen LogP contribution in [0.1, 0.15) is 26.3 Å². The molecule has 0 radical (unpaired) electrons. The van der Waals surface area contributed by atoms with Crippen LogP contribution in [0.5, 0.6) is 5.75 Å². The third-order valence-corrected chi connectivity index (χ3v) is 2.57. The van der Waals surface area contributed by atoms with Gasteiger partial charge in [-0.1, -0.05) is 24.6 Å². The summed E-state index contributed by atoms with van der Waals surface area (Å²) < 4.78 is 5.82. The third kappa shape index (κ3) is 3.92. The highest BCUT2D eigenvalue weighted by Crippen LogP contribution is 2.14. The topological polar surface area (TPSA) is 21.3 Å². The minimum absolute atomic E-state index is 0.188. The normalized spacial score (nSPS) is 14.7. The number of hydrogen-bond donors (Lipinski definition) is 1. The Balaban J connectivity index is 2.50. The molecule has 2 nitrogen and oxygen atoms in total. The molecule has 0 aliphatic heterocycles. The number of likely N-dealkylation sites (N-methyl/N-ethyl adjacent to an activating group) is 1. The first-order chi connectivity index (χ1) is 7.13. The zero-order valence-electron chi connectivity index (χ0n) is 10.1. The molecule has 0 spiro atoms. The molecular formula is C13H21NO. The van der Waals surface area contributed by atoms with Crippen LogP contribution in [-0.4, -0.2) is 18.7 Å². The molecule has 2 unspecified atom stereocenters. The van der Waals surface area contributed by atoms with E-state index < -0.39 is 0 Å². The minimum atomic E-state index is 0.188. The largest absolute Gasteiger partial charge is 0.489 e. The van der Waals surface area contributed by atoms with Crippen molar-refractivity contribution < 1.29 is 4.74 Å². The average Bonchev–Trinajstić information content (AvgIpc) is 2.22. The highest BCUT2D eigenvalue weighted by molar-refractivity contribution is 5.26. The Bertz CT molecular complexity index is 281. The fourth-order valence-corrected chi connectivity index (χ4v) is 1.42. The lowest BCUT2D eigenvalue weighted by molar-refractivity contribution is 0.179. The molecule has 0 saturated heterocycles. The van der Waals surface area contributed by atoms with Gasteiger partial charge in [0.1, 0.15) is 11.9 Å². The van der Waals surface area contributed by atoms with Gasteiger partial charge in [-0.2, -0.15) is 0 Å². The van der Waals surface area contributed by atoms with Crippen LogP contribution in [0.15, 0.2) is 24.3 Å². The van der Waals surface area contributed by atoms with Crippen LogP contribution in [0.4, 0.5) is 0 Å². The molecule has 2 atom stereocenters. The van der Waals surface area contributed by atoms with Gasteiger partial charge in [-0.3, -0.25) is 0 Å². The fourth-order valence-electron chi connectivity index (χ4n) is 1.42. The van der Waals surface area contributed by atoms with E-state index >= 15 is 0 Å². The summed E-state index contributed by atoms with van der Waals surface area (Å²) in [6.07, 6.45) is 0.188. The fraction of sp³-hybridized carbons (Fsp3) is 0.538. The molecule has 0 aliphatic carbocycles. The first kappa shape index (κ1) is 12.1. The van der Waals surface area contributed by atoms with Crippen molar-refractivity contribution in [3.05, 3.63) is 29.8 Å². The average molecular weight is 207 g/mol. The van der Waals surface area contributed by atoms with E-state index in [9.17, 15) is 0 Å². The first-order valence-corrected chi connectivity index (χ1v) is 5.60. The summed E-state index contributed by atoms with van der Waals surface area (Å²) in [5.41, 5.74) is 1.26. The monoisotopic (exact) mass is 207 g/mol. The number of benzene rings is 1. The summed E-state index contributed by atoms with van der Waals surface area (Å²) in [6.45, 7) is 9.39. The standard InChI is InChI=1S/C13H21NO/c1-5-14-11(3)12(4)15-13-8-6-10(2)7-9-13/h6-9,11-12,14H,5H2,1-4H3. The van der Waals surface area contributed by atoms with Gasteiger partial charge in [-0.05, 0) is 39.4 Å². The molecule has 1 rings (SSSR count). The molecule has 0 aromatic heterocycles. The predicted molar refractivity (Wildman–Crippen MR) is 64.4 cm³/mol. The van der Waals surface area contributed by atoms with Gasteiger partial charge in [-0.25, -0.2) is 0 Å². The summed E-state index contributed by atoms with van der Waals surface area (Å²) in [5, 5.41) is 3.35. The molecule has 2 heteroatoms. The smallest absolute Gasteiger partial charge is 0.119 e. The van der Waals surface area contributed by atoms with Crippen molar-refractivity contribution in [1.82, 2.24) is 5.32 Å². The molecule has 0 fully saturated rings. The van der Waals surface area contributed by atoms with Gasteiger partial charge < -0.3 is 10.1 Å². The van der Waals surface area contributed by atoms with E-state index in [1.54, 1.807) is 0 Å². The second kappa shape index (κ2) is 5.76. The highest BCUT2D eigenvalue weighted by Gasteiger charge is 2.11. The Morgan fingerprint density at radius 3 is 2.33 bits per heavy atom. The Morgan fingerprint density at radius 1 is 1.20 bits per heavy atom. The lowest BCUT2D eigenvalue weighted by Crippen LogP contribution is -2.38. The van der Waals surface area contributed by atoms with Crippen LogP contribution >= 0.6 is 0 Å². The van der Waals surface area contributed by atoms with Crippen molar-refractivity contribution in [2.45, 2.75) is 39.8 Å². The predicted octanol–water partition coefficient (Wildman–Crippen LogP) is 2.76. The van der Waals surface area contributed by atoms with E-state index in [1.165, 1.54) is 5.56 Å². The zero-order chi connectivity index (χ0) is 11.3. The molecule has 0 aliphatic rings. The van der Waals surface area contributed by atoms with Gasteiger partial charge in [0.05, 0.1) is 0 Å².